The molecule has 0 fully saturated rings. The number of nitrogens with one attached hydrogen (secondary N) is 1. The predicted molar refractivity (Wildman–Crippen MR) is 62.2 cm³/mol. The van der Waals surface area contributed by atoms with Gasteiger partial charge in [-0.15, -0.1) is 0 Å². The molecule has 0 spiro atoms. The molecule has 1 aromatic heterocycles. The first-order valence-corrected chi connectivity index (χ1v) is 5.55. The summed E-state index contributed by atoms with van der Waals surface area (Å²) < 4.78 is 7.46. The van der Waals surface area contributed by atoms with Gasteiger partial charge < -0.3 is 14.6 Å². The van der Waals surface area contributed by atoms with Gasteiger partial charge in [-0.05, 0) is 27.7 Å². The Hall–Kier alpha value is -1.03. The van der Waals surface area contributed by atoms with Crippen LogP contribution in [0.15, 0.2) is 6.20 Å². The Labute approximate surface area is 91.7 Å². The van der Waals surface area contributed by atoms with Gasteiger partial charge in [0.15, 0.2) is 0 Å². The van der Waals surface area contributed by atoms with Crippen LogP contribution in [-0.4, -0.2) is 28.8 Å². The molecule has 1 heterocycles. The van der Waals surface area contributed by atoms with Gasteiger partial charge in [0, 0.05) is 25.4 Å². The molecular formula is C11H21N3O. The zero-order chi connectivity index (χ0) is 11.3. The molecule has 1 aromatic rings. The lowest BCUT2D eigenvalue weighted by Gasteiger charge is -2.14. The van der Waals surface area contributed by atoms with Crippen molar-refractivity contribution in [3.05, 3.63) is 11.9 Å². The molecule has 0 aliphatic carbocycles. The van der Waals surface area contributed by atoms with E-state index in [1.165, 1.54) is 0 Å². The Morgan fingerprint density at radius 1 is 1.53 bits per heavy atom. The number of aromatic nitrogens is 2. The van der Waals surface area contributed by atoms with E-state index in [2.05, 4.69) is 34.9 Å². The van der Waals surface area contributed by atoms with Gasteiger partial charge in [-0.25, -0.2) is 4.98 Å². The lowest BCUT2D eigenvalue weighted by molar-refractivity contribution is 0.141. The normalized spacial score (nSPS) is 12.8. The van der Waals surface area contributed by atoms with Crippen molar-refractivity contribution in [2.24, 2.45) is 0 Å². The van der Waals surface area contributed by atoms with Crippen molar-refractivity contribution < 1.29 is 4.74 Å². The molecule has 0 radical (unpaired) electrons. The van der Waals surface area contributed by atoms with Crippen molar-refractivity contribution in [1.82, 2.24) is 9.55 Å². The Morgan fingerprint density at radius 2 is 2.27 bits per heavy atom. The van der Waals surface area contributed by atoms with Crippen molar-refractivity contribution >= 4 is 5.95 Å². The van der Waals surface area contributed by atoms with Crippen LogP contribution in [0.5, 0.6) is 0 Å². The molecule has 0 bridgehead atoms. The minimum atomic E-state index is 0.289. The van der Waals surface area contributed by atoms with Crippen LogP contribution in [0.3, 0.4) is 0 Å². The Morgan fingerprint density at radius 3 is 2.87 bits per heavy atom. The summed E-state index contributed by atoms with van der Waals surface area (Å²) in [6.07, 6.45) is 2.05. The van der Waals surface area contributed by atoms with Crippen molar-refractivity contribution in [2.45, 2.75) is 40.3 Å². The molecule has 0 saturated carbocycles. The fourth-order valence-corrected chi connectivity index (χ4v) is 1.46. The third-order valence-electron chi connectivity index (χ3n) is 2.19. The van der Waals surface area contributed by atoms with Gasteiger partial charge in [0.1, 0.15) is 0 Å². The highest BCUT2D eigenvalue weighted by atomic mass is 16.5. The predicted octanol–water partition coefficient (Wildman–Crippen LogP) is 2.05. The summed E-state index contributed by atoms with van der Waals surface area (Å²) in [6.45, 7) is 10.6. The van der Waals surface area contributed by atoms with Crippen LogP contribution >= 0.6 is 0 Å². The number of hydrogen-bond donors (Lipinski definition) is 1. The summed E-state index contributed by atoms with van der Waals surface area (Å²) in [5, 5.41) is 3.34. The highest BCUT2D eigenvalue weighted by molar-refractivity contribution is 5.29. The van der Waals surface area contributed by atoms with Crippen molar-refractivity contribution in [3.63, 3.8) is 0 Å². The quantitative estimate of drug-likeness (QED) is 0.782. The maximum atomic E-state index is 5.35. The molecule has 4 nitrogen and oxygen atoms in total. The molecule has 0 saturated heterocycles. The molecule has 15 heavy (non-hydrogen) atoms. The second kappa shape index (κ2) is 5.75. The first kappa shape index (κ1) is 12.0. The number of anilines is 1. The summed E-state index contributed by atoms with van der Waals surface area (Å²) in [5.74, 6) is 0.933. The van der Waals surface area contributed by atoms with E-state index in [0.29, 0.717) is 6.61 Å². The summed E-state index contributed by atoms with van der Waals surface area (Å²) >= 11 is 0. The summed E-state index contributed by atoms with van der Waals surface area (Å²) in [5.41, 5.74) is 1.04. The fraction of sp³-hybridized carbons (Fsp3) is 0.727. The number of imidazole rings is 1. The van der Waals surface area contributed by atoms with Crippen LogP contribution in [0.25, 0.3) is 0 Å². The molecular weight excluding hydrogens is 190 g/mol. The third-order valence-corrected chi connectivity index (χ3v) is 2.19. The number of nitrogens with zero attached hydrogens (tertiary/aromatic N) is 2. The van der Waals surface area contributed by atoms with E-state index >= 15 is 0 Å². The first-order valence-electron chi connectivity index (χ1n) is 5.55. The van der Waals surface area contributed by atoms with Crippen molar-refractivity contribution in [2.75, 3.05) is 18.5 Å². The lowest BCUT2D eigenvalue weighted by atomic mass is 10.4. The smallest absolute Gasteiger partial charge is 0.203 e. The number of rotatable bonds is 6. The van der Waals surface area contributed by atoms with Gasteiger partial charge in [0.05, 0.1) is 12.3 Å². The molecule has 1 atom stereocenters. The van der Waals surface area contributed by atoms with Crippen LogP contribution in [-0.2, 0) is 11.3 Å². The van der Waals surface area contributed by atoms with Crippen LogP contribution in [0.2, 0.25) is 0 Å². The van der Waals surface area contributed by atoms with Crippen LogP contribution < -0.4 is 5.32 Å². The topological polar surface area (TPSA) is 39.1 Å². The molecule has 1 unspecified atom stereocenters. The highest BCUT2D eigenvalue weighted by Gasteiger charge is 2.07. The van der Waals surface area contributed by atoms with E-state index in [9.17, 15) is 0 Å². The summed E-state index contributed by atoms with van der Waals surface area (Å²) in [6, 6.07) is 0.289. The minimum Gasteiger partial charge on any atom is -0.380 e. The van der Waals surface area contributed by atoms with Gasteiger partial charge in [-0.2, -0.15) is 0 Å². The fourth-order valence-electron chi connectivity index (χ4n) is 1.46. The number of ether oxygens (including phenoxy) is 1. The second-order valence-corrected chi connectivity index (χ2v) is 3.70. The van der Waals surface area contributed by atoms with Crippen LogP contribution in [0.4, 0.5) is 5.95 Å². The summed E-state index contributed by atoms with van der Waals surface area (Å²) in [4.78, 5) is 4.43. The Bertz CT molecular complexity index is 296. The largest absolute Gasteiger partial charge is 0.380 e. The maximum absolute atomic E-state index is 5.35. The SMILES string of the molecule is CCOCC(C)Nc1nc(C)cn1CC. The zero-order valence-corrected chi connectivity index (χ0v) is 10.1. The van der Waals surface area contributed by atoms with E-state index in [1.807, 2.05) is 13.8 Å². The third kappa shape index (κ3) is 3.55. The van der Waals surface area contributed by atoms with E-state index in [1.54, 1.807) is 0 Å². The van der Waals surface area contributed by atoms with Gasteiger partial charge in [0.2, 0.25) is 5.95 Å². The molecule has 4 heteroatoms. The zero-order valence-electron chi connectivity index (χ0n) is 10.1. The van der Waals surface area contributed by atoms with Crippen LogP contribution in [0.1, 0.15) is 26.5 Å². The van der Waals surface area contributed by atoms with Crippen LogP contribution in [0, 0.1) is 6.92 Å². The standard InChI is InChI=1S/C11H21N3O/c1-5-14-7-9(3)12-11(14)13-10(4)8-15-6-2/h7,10H,5-6,8H2,1-4H3,(H,12,13). The average molecular weight is 211 g/mol. The van der Waals surface area contributed by atoms with Gasteiger partial charge in [-0.1, -0.05) is 0 Å². The Balaban J connectivity index is 2.54. The highest BCUT2D eigenvalue weighted by Crippen LogP contribution is 2.09. The average Bonchev–Trinajstić information content (AvgIpc) is 2.55. The number of aryl methyl sites for hydroxylation is 2. The molecule has 0 aliphatic rings. The number of hydrogen-bond acceptors (Lipinski definition) is 3. The molecule has 0 aromatic carbocycles. The Kier molecular flexibility index (Phi) is 4.62. The van der Waals surface area contributed by atoms with E-state index in [0.717, 1.165) is 24.8 Å². The molecule has 86 valence electrons. The van der Waals surface area contributed by atoms with E-state index < -0.39 is 0 Å². The summed E-state index contributed by atoms with van der Waals surface area (Å²) in [7, 11) is 0. The van der Waals surface area contributed by atoms with Crippen molar-refractivity contribution in [1.29, 1.82) is 0 Å². The molecule has 1 rings (SSSR count). The van der Waals surface area contributed by atoms with Gasteiger partial charge >= 0.3 is 0 Å². The van der Waals surface area contributed by atoms with Crippen molar-refractivity contribution in [3.8, 4) is 0 Å². The molecule has 1 N–H and O–H groups in total. The first-order chi connectivity index (χ1) is 7.17. The monoisotopic (exact) mass is 211 g/mol. The van der Waals surface area contributed by atoms with Gasteiger partial charge in [0.25, 0.3) is 0 Å². The lowest BCUT2D eigenvalue weighted by Crippen LogP contribution is -2.23. The van der Waals surface area contributed by atoms with E-state index in [4.69, 9.17) is 4.74 Å². The van der Waals surface area contributed by atoms with Gasteiger partial charge in [-0.3, -0.25) is 0 Å². The minimum absolute atomic E-state index is 0.289. The second-order valence-electron chi connectivity index (χ2n) is 3.70. The molecule has 0 amide bonds. The maximum Gasteiger partial charge on any atom is 0.203 e. The van der Waals surface area contributed by atoms with E-state index in [-0.39, 0.29) is 6.04 Å². The molecule has 0 aliphatic heterocycles.